The van der Waals surface area contributed by atoms with Gasteiger partial charge in [0.25, 0.3) is 0 Å². The number of oxime groups is 1. The highest BCUT2D eigenvalue weighted by Gasteiger charge is 2.31. The molecular formula is C18H16BrF3N2O3S. The zero-order chi connectivity index (χ0) is 20.5. The lowest BCUT2D eigenvalue weighted by molar-refractivity contribution is -0.137. The fraction of sp³-hybridized carbons (Fsp3) is 0.278. The van der Waals surface area contributed by atoms with Crippen molar-refractivity contribution in [1.29, 1.82) is 0 Å². The van der Waals surface area contributed by atoms with E-state index in [1.54, 1.807) is 12.1 Å². The first kappa shape index (κ1) is 20.8. The molecule has 0 bridgehead atoms. The van der Waals surface area contributed by atoms with Gasteiger partial charge in [0.2, 0.25) is 10.0 Å². The largest absolute Gasteiger partial charge is 0.416 e. The van der Waals surface area contributed by atoms with Crippen molar-refractivity contribution in [3.05, 3.63) is 64.7 Å². The third-order valence-electron chi connectivity index (χ3n) is 4.32. The number of nitrogens with one attached hydrogen (secondary N) is 1. The summed E-state index contributed by atoms with van der Waals surface area (Å²) < 4.78 is 66.1. The van der Waals surface area contributed by atoms with Gasteiger partial charge in [0.1, 0.15) is 4.62 Å². The average molecular weight is 477 g/mol. The third kappa shape index (κ3) is 4.56. The smallest absolute Gasteiger partial charge is 0.386 e. The summed E-state index contributed by atoms with van der Waals surface area (Å²) >= 11 is 3.24. The van der Waals surface area contributed by atoms with E-state index in [0.717, 1.165) is 12.1 Å². The van der Waals surface area contributed by atoms with Gasteiger partial charge in [0.15, 0.2) is 6.10 Å². The van der Waals surface area contributed by atoms with Crippen molar-refractivity contribution in [2.45, 2.75) is 30.0 Å². The zero-order valence-corrected chi connectivity index (χ0v) is 17.0. The van der Waals surface area contributed by atoms with Crippen molar-refractivity contribution in [1.82, 2.24) is 4.72 Å². The fourth-order valence-electron chi connectivity index (χ4n) is 2.91. The first-order chi connectivity index (χ1) is 13.1. The Balaban J connectivity index is 2.01. The van der Waals surface area contributed by atoms with Gasteiger partial charge in [0, 0.05) is 12.0 Å². The molecule has 1 atom stereocenters. The lowest BCUT2D eigenvalue weighted by atomic mass is 9.95. The van der Waals surface area contributed by atoms with Crippen molar-refractivity contribution < 1.29 is 26.4 Å². The molecule has 0 saturated carbocycles. The van der Waals surface area contributed by atoms with E-state index in [9.17, 15) is 21.6 Å². The number of hydrogen-bond donors (Lipinski definition) is 1. The second kappa shape index (κ2) is 7.84. The molecule has 3 rings (SSSR count). The Morgan fingerprint density at radius 2 is 2.00 bits per heavy atom. The predicted molar refractivity (Wildman–Crippen MR) is 102 cm³/mol. The molecule has 2 aromatic carbocycles. The molecule has 0 amide bonds. The molecule has 28 heavy (non-hydrogen) atoms. The minimum atomic E-state index is -4.43. The molecule has 0 spiro atoms. The van der Waals surface area contributed by atoms with Crippen molar-refractivity contribution in [2.75, 3.05) is 7.05 Å². The van der Waals surface area contributed by atoms with Gasteiger partial charge in [-0.3, -0.25) is 0 Å². The number of rotatable bonds is 5. The van der Waals surface area contributed by atoms with Gasteiger partial charge in [0.05, 0.1) is 10.5 Å². The summed E-state index contributed by atoms with van der Waals surface area (Å²) in [7, 11) is -2.38. The highest BCUT2D eigenvalue weighted by molar-refractivity contribution is 9.18. The Hall–Kier alpha value is -1.91. The van der Waals surface area contributed by atoms with E-state index in [-0.39, 0.29) is 11.3 Å². The van der Waals surface area contributed by atoms with Crippen LogP contribution in [0.25, 0.3) is 0 Å². The maximum atomic E-state index is 13.0. The molecule has 0 aromatic heterocycles. The van der Waals surface area contributed by atoms with Crippen LogP contribution in [0.3, 0.4) is 0 Å². The monoisotopic (exact) mass is 476 g/mol. The normalized spacial score (nSPS) is 17.3. The molecule has 0 saturated heterocycles. The van der Waals surface area contributed by atoms with Crippen LogP contribution in [-0.4, -0.2) is 20.1 Å². The number of sulfonamides is 1. The topological polar surface area (TPSA) is 67.8 Å². The number of nitrogens with zero attached hydrogens (tertiary/aromatic N) is 1. The molecule has 150 valence electrons. The summed E-state index contributed by atoms with van der Waals surface area (Å²) in [6.45, 7) is 0. The summed E-state index contributed by atoms with van der Waals surface area (Å²) in [4.78, 5) is 5.40. The Kier molecular flexibility index (Phi) is 5.83. The quantitative estimate of drug-likeness (QED) is 0.696. The molecular weight excluding hydrogens is 461 g/mol. The summed E-state index contributed by atoms with van der Waals surface area (Å²) in [6.07, 6.45) is -4.37. The van der Waals surface area contributed by atoms with Crippen molar-refractivity contribution in [3.63, 3.8) is 0 Å². The molecule has 1 N–H and O–H groups in total. The maximum Gasteiger partial charge on any atom is 0.416 e. The lowest BCUT2D eigenvalue weighted by Gasteiger charge is -2.17. The third-order valence-corrected chi connectivity index (χ3v) is 6.21. The van der Waals surface area contributed by atoms with Gasteiger partial charge in [-0.15, -0.1) is 0 Å². The van der Waals surface area contributed by atoms with Gasteiger partial charge in [-0.05, 0) is 58.7 Å². The van der Waals surface area contributed by atoms with Crippen molar-refractivity contribution in [2.24, 2.45) is 5.16 Å². The Morgan fingerprint density at radius 3 is 2.61 bits per heavy atom. The van der Waals surface area contributed by atoms with Crippen molar-refractivity contribution >= 4 is 30.6 Å². The maximum absolute atomic E-state index is 13.0. The fourth-order valence-corrected chi connectivity index (χ4v) is 4.05. The minimum absolute atomic E-state index is 0.0458. The Bertz CT molecular complexity index is 1020. The van der Waals surface area contributed by atoms with Crippen LogP contribution >= 0.6 is 15.9 Å². The van der Waals surface area contributed by atoms with Crippen molar-refractivity contribution in [3.8, 4) is 0 Å². The van der Waals surface area contributed by atoms with E-state index < -0.39 is 27.9 Å². The van der Waals surface area contributed by atoms with E-state index in [1.807, 2.05) is 0 Å². The summed E-state index contributed by atoms with van der Waals surface area (Å²) in [5.41, 5.74) is 0.950. The highest BCUT2D eigenvalue weighted by atomic mass is 79.9. The second-order valence-electron chi connectivity index (χ2n) is 6.21. The van der Waals surface area contributed by atoms with E-state index in [1.165, 1.54) is 25.2 Å². The SMILES string of the molecule is CNS(=O)(=O)c1ccc(Cc2cccc(C(F)(F)F)c2)c(C2CC(Br)=NO2)c1. The van der Waals surface area contributed by atoms with Gasteiger partial charge in [-0.1, -0.05) is 29.4 Å². The lowest BCUT2D eigenvalue weighted by Crippen LogP contribution is -2.19. The predicted octanol–water partition coefficient (Wildman–Crippen LogP) is 4.37. The van der Waals surface area contributed by atoms with Gasteiger partial charge in [-0.2, -0.15) is 13.2 Å². The van der Waals surface area contributed by atoms with Crippen LogP contribution in [0, 0.1) is 0 Å². The van der Waals surface area contributed by atoms with Gasteiger partial charge >= 0.3 is 6.18 Å². The molecule has 0 aliphatic carbocycles. The van der Waals surface area contributed by atoms with E-state index in [4.69, 9.17) is 4.84 Å². The highest BCUT2D eigenvalue weighted by Crippen LogP contribution is 2.35. The molecule has 10 heteroatoms. The summed E-state index contributed by atoms with van der Waals surface area (Å²) in [5, 5.41) is 3.82. The van der Waals surface area contributed by atoms with Crippen LogP contribution in [0.5, 0.6) is 0 Å². The number of halogens is 4. The second-order valence-corrected chi connectivity index (χ2v) is 9.01. The average Bonchev–Trinajstić information content (AvgIpc) is 3.07. The molecule has 2 aromatic rings. The van der Waals surface area contributed by atoms with Crippen LogP contribution in [-0.2, 0) is 27.5 Å². The standard InChI is InChI=1S/C18H16BrF3N2O3S/c1-23-28(25,26)14-6-5-12(15(9-14)16-10-17(19)24-27-16)7-11-3-2-4-13(8-11)18(20,21)22/h2-6,8-9,16,23H,7,10H2,1H3. The van der Waals surface area contributed by atoms with Gasteiger partial charge < -0.3 is 4.84 Å². The molecule has 1 aliphatic rings. The Morgan fingerprint density at radius 1 is 1.25 bits per heavy atom. The molecule has 0 fully saturated rings. The first-order valence-corrected chi connectivity index (χ1v) is 10.5. The first-order valence-electron chi connectivity index (χ1n) is 8.21. The van der Waals surface area contributed by atoms with Crippen LogP contribution < -0.4 is 4.72 Å². The zero-order valence-electron chi connectivity index (χ0n) is 14.6. The van der Waals surface area contributed by atoms with Crippen LogP contribution in [0.15, 0.2) is 52.5 Å². The van der Waals surface area contributed by atoms with Gasteiger partial charge in [-0.25, -0.2) is 13.1 Å². The minimum Gasteiger partial charge on any atom is -0.386 e. The molecule has 1 unspecified atom stereocenters. The van der Waals surface area contributed by atoms with Crippen LogP contribution in [0.2, 0.25) is 0 Å². The number of alkyl halides is 3. The molecule has 1 aliphatic heterocycles. The molecule has 5 nitrogen and oxygen atoms in total. The summed E-state index contributed by atoms with van der Waals surface area (Å²) in [5.74, 6) is 0. The van der Waals surface area contributed by atoms with E-state index in [0.29, 0.717) is 27.7 Å². The Labute approximate surface area is 168 Å². The van der Waals surface area contributed by atoms with E-state index in [2.05, 4.69) is 25.8 Å². The number of benzene rings is 2. The molecule has 0 radical (unpaired) electrons. The molecule has 1 heterocycles. The number of hydrogen-bond acceptors (Lipinski definition) is 4. The summed E-state index contributed by atoms with van der Waals surface area (Å²) in [6, 6.07) is 9.53. The van der Waals surface area contributed by atoms with E-state index >= 15 is 0 Å². The van der Waals surface area contributed by atoms with Crippen LogP contribution in [0.1, 0.15) is 34.8 Å². The van der Waals surface area contributed by atoms with Crippen LogP contribution in [0.4, 0.5) is 13.2 Å².